The summed E-state index contributed by atoms with van der Waals surface area (Å²) in [7, 11) is 0. The van der Waals surface area contributed by atoms with Crippen molar-refractivity contribution < 1.29 is 19.4 Å². The first-order valence-electron chi connectivity index (χ1n) is 6.35. The Morgan fingerprint density at radius 3 is 2.89 bits per heavy atom. The zero-order chi connectivity index (χ0) is 13.7. The minimum absolute atomic E-state index is 0.230. The smallest absolute Gasteiger partial charge is 0.407 e. The van der Waals surface area contributed by atoms with Crippen LogP contribution in [0.3, 0.4) is 0 Å². The van der Waals surface area contributed by atoms with E-state index in [0.29, 0.717) is 12.8 Å². The fraction of sp³-hybridized carbons (Fsp3) is 0.538. The lowest BCUT2D eigenvalue weighted by Gasteiger charge is -2.28. The standard InChI is InChI=1S/C13H17NO4S/c15-12(16)10-5-1-2-6-11(10)14-13(17)18-8-9-4-3-7-19-9/h3-4,7,10-11H,1-2,5-6,8H2,(H,14,17)(H,15,16)/t10-,11-/m1/s1. The summed E-state index contributed by atoms with van der Waals surface area (Å²) < 4.78 is 5.08. The highest BCUT2D eigenvalue weighted by Crippen LogP contribution is 2.24. The Morgan fingerprint density at radius 1 is 1.42 bits per heavy atom. The SMILES string of the molecule is O=C(N[C@@H]1CCCC[C@H]1C(=O)O)OCc1cccs1. The second kappa shape index (κ2) is 6.56. The molecule has 0 saturated heterocycles. The quantitative estimate of drug-likeness (QED) is 0.890. The average molecular weight is 283 g/mol. The van der Waals surface area contributed by atoms with E-state index in [-0.39, 0.29) is 12.6 Å². The number of carbonyl (C=O) groups excluding carboxylic acids is 1. The van der Waals surface area contributed by atoms with Crippen LogP contribution in [0.15, 0.2) is 17.5 Å². The minimum atomic E-state index is -0.844. The summed E-state index contributed by atoms with van der Waals surface area (Å²) in [6.45, 7) is 0.230. The molecule has 6 heteroatoms. The van der Waals surface area contributed by atoms with Crippen LogP contribution in [-0.2, 0) is 16.1 Å². The molecular formula is C13H17NO4S. The molecule has 1 saturated carbocycles. The number of aliphatic carboxylic acids is 1. The van der Waals surface area contributed by atoms with Crippen LogP contribution in [0, 0.1) is 5.92 Å². The molecule has 0 aliphatic heterocycles. The predicted octanol–water partition coefficient (Wildman–Crippen LogP) is 2.62. The van der Waals surface area contributed by atoms with Crippen molar-refractivity contribution in [3.63, 3.8) is 0 Å². The van der Waals surface area contributed by atoms with Crippen LogP contribution in [0.5, 0.6) is 0 Å². The molecule has 19 heavy (non-hydrogen) atoms. The summed E-state index contributed by atoms with van der Waals surface area (Å²) in [6, 6.07) is 3.46. The molecule has 0 aromatic carbocycles. The predicted molar refractivity (Wildman–Crippen MR) is 71.0 cm³/mol. The van der Waals surface area contributed by atoms with Crippen LogP contribution in [0.4, 0.5) is 4.79 Å². The molecule has 2 N–H and O–H groups in total. The third-order valence-corrected chi connectivity index (χ3v) is 4.16. The van der Waals surface area contributed by atoms with Gasteiger partial charge in [-0.3, -0.25) is 4.79 Å². The zero-order valence-electron chi connectivity index (χ0n) is 10.5. The molecule has 0 radical (unpaired) electrons. The Labute approximate surface area is 115 Å². The molecule has 2 rings (SSSR count). The van der Waals surface area contributed by atoms with E-state index in [2.05, 4.69) is 5.32 Å². The molecule has 1 aromatic rings. The highest BCUT2D eigenvalue weighted by atomic mass is 32.1. The second-order valence-electron chi connectivity index (χ2n) is 4.64. The Kier molecular flexibility index (Phi) is 4.79. The molecule has 1 amide bonds. The first-order valence-corrected chi connectivity index (χ1v) is 7.23. The maximum Gasteiger partial charge on any atom is 0.407 e. The molecule has 2 atom stereocenters. The van der Waals surface area contributed by atoms with Crippen molar-refractivity contribution in [3.05, 3.63) is 22.4 Å². The van der Waals surface area contributed by atoms with Crippen molar-refractivity contribution in [2.75, 3.05) is 0 Å². The molecule has 0 bridgehead atoms. The van der Waals surface area contributed by atoms with Gasteiger partial charge in [0.2, 0.25) is 0 Å². The number of carboxylic acids is 1. The molecule has 1 fully saturated rings. The summed E-state index contributed by atoms with van der Waals surface area (Å²) in [5, 5.41) is 13.7. The molecule has 104 valence electrons. The number of nitrogens with one attached hydrogen (secondary N) is 1. The summed E-state index contributed by atoms with van der Waals surface area (Å²) in [5.74, 6) is -1.34. The van der Waals surface area contributed by atoms with Crippen LogP contribution >= 0.6 is 11.3 Å². The van der Waals surface area contributed by atoms with Gasteiger partial charge in [0, 0.05) is 10.9 Å². The number of thiophene rings is 1. The van der Waals surface area contributed by atoms with E-state index >= 15 is 0 Å². The van der Waals surface area contributed by atoms with Crippen molar-refractivity contribution in [2.24, 2.45) is 5.92 Å². The van der Waals surface area contributed by atoms with Gasteiger partial charge in [0.05, 0.1) is 5.92 Å². The number of alkyl carbamates (subject to hydrolysis) is 1. The Morgan fingerprint density at radius 2 is 2.21 bits per heavy atom. The fourth-order valence-electron chi connectivity index (χ4n) is 2.32. The van der Waals surface area contributed by atoms with Crippen LogP contribution in [-0.4, -0.2) is 23.2 Å². The summed E-state index contributed by atoms with van der Waals surface area (Å²) in [4.78, 5) is 23.7. The Bertz CT molecular complexity index is 432. The largest absolute Gasteiger partial charge is 0.481 e. The molecular weight excluding hydrogens is 266 g/mol. The van der Waals surface area contributed by atoms with Crippen LogP contribution in [0.25, 0.3) is 0 Å². The highest BCUT2D eigenvalue weighted by Gasteiger charge is 2.32. The van der Waals surface area contributed by atoms with Crippen molar-refractivity contribution >= 4 is 23.4 Å². The van der Waals surface area contributed by atoms with Crippen LogP contribution < -0.4 is 5.32 Å². The Hall–Kier alpha value is -1.56. The zero-order valence-corrected chi connectivity index (χ0v) is 11.3. The van der Waals surface area contributed by atoms with E-state index in [1.165, 1.54) is 11.3 Å². The third kappa shape index (κ3) is 3.96. The Balaban J connectivity index is 1.81. The number of rotatable bonds is 4. The van der Waals surface area contributed by atoms with E-state index in [4.69, 9.17) is 9.84 Å². The monoisotopic (exact) mass is 283 g/mol. The lowest BCUT2D eigenvalue weighted by Crippen LogP contribution is -2.45. The lowest BCUT2D eigenvalue weighted by atomic mass is 9.85. The van der Waals surface area contributed by atoms with E-state index in [9.17, 15) is 9.59 Å². The van der Waals surface area contributed by atoms with E-state index in [1.807, 2.05) is 17.5 Å². The maximum atomic E-state index is 11.7. The first-order chi connectivity index (χ1) is 9.16. The highest BCUT2D eigenvalue weighted by molar-refractivity contribution is 7.09. The number of carbonyl (C=O) groups is 2. The van der Waals surface area contributed by atoms with Gasteiger partial charge in [-0.25, -0.2) is 4.79 Å². The van der Waals surface area contributed by atoms with Crippen LogP contribution in [0.1, 0.15) is 30.6 Å². The average Bonchev–Trinajstić information content (AvgIpc) is 2.90. The molecule has 0 spiro atoms. The number of carboxylic acid groups (broad SMARTS) is 1. The minimum Gasteiger partial charge on any atom is -0.481 e. The van der Waals surface area contributed by atoms with Crippen molar-refractivity contribution in [1.82, 2.24) is 5.32 Å². The molecule has 5 nitrogen and oxygen atoms in total. The van der Waals surface area contributed by atoms with Gasteiger partial charge in [0.25, 0.3) is 0 Å². The van der Waals surface area contributed by atoms with E-state index in [0.717, 1.165) is 17.7 Å². The van der Waals surface area contributed by atoms with E-state index < -0.39 is 18.0 Å². The van der Waals surface area contributed by atoms with Gasteiger partial charge in [0.15, 0.2) is 0 Å². The fourth-order valence-corrected chi connectivity index (χ4v) is 2.94. The number of hydrogen-bond acceptors (Lipinski definition) is 4. The summed E-state index contributed by atoms with van der Waals surface area (Å²) in [5.41, 5.74) is 0. The van der Waals surface area contributed by atoms with Gasteiger partial charge >= 0.3 is 12.1 Å². The number of ether oxygens (including phenoxy) is 1. The van der Waals surface area contributed by atoms with Crippen molar-refractivity contribution in [1.29, 1.82) is 0 Å². The number of hydrogen-bond donors (Lipinski definition) is 2. The molecule has 1 heterocycles. The number of amides is 1. The van der Waals surface area contributed by atoms with Gasteiger partial charge in [-0.15, -0.1) is 11.3 Å². The van der Waals surface area contributed by atoms with Gasteiger partial charge in [-0.05, 0) is 24.3 Å². The summed E-state index contributed by atoms with van der Waals surface area (Å²) in [6.07, 6.45) is 2.63. The molecule has 1 aliphatic carbocycles. The van der Waals surface area contributed by atoms with Gasteiger partial charge < -0.3 is 15.2 Å². The molecule has 0 unspecified atom stereocenters. The normalized spacial score (nSPS) is 22.7. The van der Waals surface area contributed by atoms with Gasteiger partial charge in [0.1, 0.15) is 6.61 Å². The van der Waals surface area contributed by atoms with Gasteiger partial charge in [-0.2, -0.15) is 0 Å². The first kappa shape index (κ1) is 13.9. The maximum absolute atomic E-state index is 11.7. The molecule has 1 aliphatic rings. The molecule has 1 aromatic heterocycles. The van der Waals surface area contributed by atoms with E-state index in [1.54, 1.807) is 0 Å². The van der Waals surface area contributed by atoms with Crippen molar-refractivity contribution in [3.8, 4) is 0 Å². The lowest BCUT2D eigenvalue weighted by molar-refractivity contribution is -0.143. The van der Waals surface area contributed by atoms with Crippen molar-refractivity contribution in [2.45, 2.75) is 38.3 Å². The topological polar surface area (TPSA) is 75.6 Å². The van der Waals surface area contributed by atoms with Gasteiger partial charge in [-0.1, -0.05) is 18.9 Å². The second-order valence-corrected chi connectivity index (χ2v) is 5.67. The summed E-state index contributed by atoms with van der Waals surface area (Å²) >= 11 is 1.52. The third-order valence-electron chi connectivity index (χ3n) is 3.31. The van der Waals surface area contributed by atoms with Crippen LogP contribution in [0.2, 0.25) is 0 Å².